The Balaban J connectivity index is 1.87. The van der Waals surface area contributed by atoms with Crippen molar-refractivity contribution in [1.82, 2.24) is 10.3 Å². The predicted molar refractivity (Wildman–Crippen MR) is 72.5 cm³/mol. The molecule has 0 bridgehead atoms. The Labute approximate surface area is 104 Å². The van der Waals surface area contributed by atoms with Gasteiger partial charge >= 0.3 is 0 Å². The van der Waals surface area contributed by atoms with E-state index in [-0.39, 0.29) is 0 Å². The molecule has 2 heterocycles. The highest BCUT2D eigenvalue weighted by atomic mass is 15.1. The van der Waals surface area contributed by atoms with E-state index in [0.29, 0.717) is 6.04 Å². The van der Waals surface area contributed by atoms with Gasteiger partial charge in [-0.1, -0.05) is 12.5 Å². The summed E-state index contributed by atoms with van der Waals surface area (Å²) in [6, 6.07) is 7.00. The highest BCUT2D eigenvalue weighted by molar-refractivity contribution is 5.37. The standard InChI is InChI=1S/C14H23N3/c1-17(2)14-8-5-7-13(16-14)10-9-12-6-3-4-11-15-12/h5,7-8,12,15H,3-4,6,9-11H2,1-2H3. The van der Waals surface area contributed by atoms with Gasteiger partial charge in [0.2, 0.25) is 0 Å². The van der Waals surface area contributed by atoms with Gasteiger partial charge in [-0.25, -0.2) is 4.98 Å². The second-order valence-electron chi connectivity index (χ2n) is 5.07. The fraction of sp³-hybridized carbons (Fsp3) is 0.643. The number of aryl methyl sites for hydroxylation is 1. The Morgan fingerprint density at radius 3 is 2.94 bits per heavy atom. The summed E-state index contributed by atoms with van der Waals surface area (Å²) in [6.45, 7) is 1.19. The SMILES string of the molecule is CN(C)c1cccc(CCC2CCCCN2)n1. The first-order valence-corrected chi connectivity index (χ1v) is 6.62. The largest absolute Gasteiger partial charge is 0.363 e. The predicted octanol–water partition coefficient (Wildman–Crippen LogP) is 2.22. The fourth-order valence-corrected chi connectivity index (χ4v) is 2.35. The molecule has 1 aromatic rings. The highest BCUT2D eigenvalue weighted by Gasteiger charge is 2.12. The number of pyridine rings is 1. The van der Waals surface area contributed by atoms with E-state index < -0.39 is 0 Å². The number of anilines is 1. The van der Waals surface area contributed by atoms with Crippen LogP contribution in [0.5, 0.6) is 0 Å². The molecule has 3 heteroatoms. The number of piperidine rings is 1. The van der Waals surface area contributed by atoms with E-state index in [9.17, 15) is 0 Å². The van der Waals surface area contributed by atoms with Gasteiger partial charge < -0.3 is 10.2 Å². The van der Waals surface area contributed by atoms with Gasteiger partial charge in [-0.2, -0.15) is 0 Å². The fourth-order valence-electron chi connectivity index (χ4n) is 2.35. The van der Waals surface area contributed by atoms with Gasteiger partial charge in [0, 0.05) is 25.8 Å². The topological polar surface area (TPSA) is 28.2 Å². The summed E-state index contributed by atoms with van der Waals surface area (Å²) in [7, 11) is 4.07. The van der Waals surface area contributed by atoms with E-state index in [4.69, 9.17) is 0 Å². The van der Waals surface area contributed by atoms with Crippen molar-refractivity contribution in [3.8, 4) is 0 Å². The van der Waals surface area contributed by atoms with E-state index in [1.807, 2.05) is 14.1 Å². The Hall–Kier alpha value is -1.09. The number of nitrogens with one attached hydrogen (secondary N) is 1. The van der Waals surface area contributed by atoms with Crippen molar-refractivity contribution in [2.45, 2.75) is 38.1 Å². The van der Waals surface area contributed by atoms with Gasteiger partial charge in [-0.05, 0) is 44.4 Å². The number of nitrogens with zero attached hydrogens (tertiary/aromatic N) is 2. The van der Waals surface area contributed by atoms with Crippen molar-refractivity contribution >= 4 is 5.82 Å². The van der Waals surface area contributed by atoms with Crippen LogP contribution in [0.1, 0.15) is 31.4 Å². The lowest BCUT2D eigenvalue weighted by Gasteiger charge is -2.23. The molecule has 1 atom stereocenters. The third-order valence-corrected chi connectivity index (χ3v) is 3.41. The van der Waals surface area contributed by atoms with Crippen LogP contribution in [0, 0.1) is 0 Å². The maximum absolute atomic E-state index is 4.65. The molecular weight excluding hydrogens is 210 g/mol. The maximum Gasteiger partial charge on any atom is 0.128 e. The number of aromatic nitrogens is 1. The summed E-state index contributed by atoms with van der Waals surface area (Å²) in [4.78, 5) is 6.71. The van der Waals surface area contributed by atoms with Gasteiger partial charge in [-0.15, -0.1) is 0 Å². The molecule has 2 rings (SSSR count). The van der Waals surface area contributed by atoms with Crippen molar-refractivity contribution in [1.29, 1.82) is 0 Å². The van der Waals surface area contributed by atoms with Crippen LogP contribution in [-0.4, -0.2) is 31.7 Å². The molecule has 1 aliphatic heterocycles. The molecule has 0 aliphatic carbocycles. The quantitative estimate of drug-likeness (QED) is 0.864. The zero-order valence-electron chi connectivity index (χ0n) is 10.9. The zero-order chi connectivity index (χ0) is 12.1. The van der Waals surface area contributed by atoms with Crippen molar-refractivity contribution < 1.29 is 0 Å². The first-order valence-electron chi connectivity index (χ1n) is 6.62. The van der Waals surface area contributed by atoms with Crippen LogP contribution in [0.25, 0.3) is 0 Å². The average Bonchev–Trinajstić information content (AvgIpc) is 2.38. The summed E-state index contributed by atoms with van der Waals surface area (Å²) < 4.78 is 0. The summed E-state index contributed by atoms with van der Waals surface area (Å²) in [5, 5.41) is 3.59. The first-order chi connectivity index (χ1) is 8.25. The molecule has 0 amide bonds. The molecule has 3 nitrogen and oxygen atoms in total. The van der Waals surface area contributed by atoms with Crippen molar-refractivity contribution in [2.24, 2.45) is 0 Å². The molecule has 17 heavy (non-hydrogen) atoms. The van der Waals surface area contributed by atoms with Crippen molar-refractivity contribution in [2.75, 3.05) is 25.5 Å². The minimum atomic E-state index is 0.702. The third-order valence-electron chi connectivity index (χ3n) is 3.41. The van der Waals surface area contributed by atoms with Gasteiger partial charge in [0.1, 0.15) is 5.82 Å². The third kappa shape index (κ3) is 3.70. The van der Waals surface area contributed by atoms with E-state index in [1.165, 1.54) is 37.9 Å². The number of rotatable bonds is 4. The summed E-state index contributed by atoms with van der Waals surface area (Å²) in [6.07, 6.45) is 6.34. The van der Waals surface area contributed by atoms with Crippen LogP contribution < -0.4 is 10.2 Å². The monoisotopic (exact) mass is 233 g/mol. The second kappa shape index (κ2) is 6.01. The smallest absolute Gasteiger partial charge is 0.128 e. The van der Waals surface area contributed by atoms with Crippen LogP contribution in [0.4, 0.5) is 5.82 Å². The van der Waals surface area contributed by atoms with E-state index in [2.05, 4.69) is 33.4 Å². The summed E-state index contributed by atoms with van der Waals surface area (Å²) in [5.41, 5.74) is 1.21. The molecule has 94 valence electrons. The minimum absolute atomic E-state index is 0.702. The summed E-state index contributed by atoms with van der Waals surface area (Å²) >= 11 is 0. The van der Waals surface area contributed by atoms with E-state index in [0.717, 1.165) is 12.2 Å². The van der Waals surface area contributed by atoms with Crippen LogP contribution in [0.3, 0.4) is 0 Å². The lowest BCUT2D eigenvalue weighted by Crippen LogP contribution is -2.34. The lowest BCUT2D eigenvalue weighted by molar-refractivity contribution is 0.382. The number of hydrogen-bond donors (Lipinski definition) is 1. The van der Waals surface area contributed by atoms with Gasteiger partial charge in [0.15, 0.2) is 0 Å². The van der Waals surface area contributed by atoms with Crippen molar-refractivity contribution in [3.05, 3.63) is 23.9 Å². The average molecular weight is 233 g/mol. The molecule has 0 aromatic carbocycles. The Morgan fingerprint density at radius 2 is 2.24 bits per heavy atom. The van der Waals surface area contributed by atoms with Gasteiger partial charge in [-0.3, -0.25) is 0 Å². The van der Waals surface area contributed by atoms with E-state index in [1.54, 1.807) is 0 Å². The van der Waals surface area contributed by atoms with E-state index >= 15 is 0 Å². The molecule has 1 aliphatic rings. The molecule has 1 saturated heterocycles. The highest BCUT2D eigenvalue weighted by Crippen LogP contribution is 2.14. The lowest BCUT2D eigenvalue weighted by atomic mass is 9.99. The van der Waals surface area contributed by atoms with Crippen LogP contribution in [-0.2, 0) is 6.42 Å². The molecule has 1 aromatic heterocycles. The Kier molecular flexibility index (Phi) is 4.37. The normalized spacial score (nSPS) is 20.2. The van der Waals surface area contributed by atoms with Crippen molar-refractivity contribution in [3.63, 3.8) is 0 Å². The summed E-state index contributed by atoms with van der Waals surface area (Å²) in [5.74, 6) is 1.05. The van der Waals surface area contributed by atoms with Crippen LogP contribution in [0.15, 0.2) is 18.2 Å². The molecule has 0 spiro atoms. The molecular formula is C14H23N3. The van der Waals surface area contributed by atoms with Crippen LogP contribution >= 0.6 is 0 Å². The molecule has 0 saturated carbocycles. The van der Waals surface area contributed by atoms with Crippen LogP contribution in [0.2, 0.25) is 0 Å². The van der Waals surface area contributed by atoms with Gasteiger partial charge in [0.25, 0.3) is 0 Å². The second-order valence-corrected chi connectivity index (χ2v) is 5.07. The maximum atomic E-state index is 4.65. The zero-order valence-corrected chi connectivity index (χ0v) is 10.9. The molecule has 0 radical (unpaired) electrons. The Bertz CT molecular complexity index is 343. The first kappa shape index (κ1) is 12.4. The number of hydrogen-bond acceptors (Lipinski definition) is 3. The molecule has 1 fully saturated rings. The minimum Gasteiger partial charge on any atom is -0.363 e. The molecule has 1 N–H and O–H groups in total. The molecule has 1 unspecified atom stereocenters. The Morgan fingerprint density at radius 1 is 1.35 bits per heavy atom. The van der Waals surface area contributed by atoms with Gasteiger partial charge in [0.05, 0.1) is 0 Å².